The molecule has 0 radical (unpaired) electrons. The van der Waals surface area contributed by atoms with E-state index in [1.807, 2.05) is 0 Å². The summed E-state index contributed by atoms with van der Waals surface area (Å²) in [5, 5.41) is 11.5. The number of rotatable bonds is 9. The molecule has 0 aromatic heterocycles. The Bertz CT molecular complexity index is 322. The van der Waals surface area contributed by atoms with E-state index in [2.05, 4.69) is 12.2 Å². The van der Waals surface area contributed by atoms with Gasteiger partial charge in [-0.1, -0.05) is 13.3 Å². The zero-order chi connectivity index (χ0) is 14.8. The molecular formula is C14H27N2O4+. The fourth-order valence-electron chi connectivity index (χ4n) is 2.44. The molecular weight excluding hydrogens is 260 g/mol. The Morgan fingerprint density at radius 1 is 1.40 bits per heavy atom. The van der Waals surface area contributed by atoms with Gasteiger partial charge in [-0.2, -0.15) is 0 Å². The Morgan fingerprint density at radius 2 is 2.20 bits per heavy atom. The van der Waals surface area contributed by atoms with Crippen LogP contribution in [0.4, 0.5) is 4.79 Å². The van der Waals surface area contributed by atoms with Crippen molar-refractivity contribution in [3.05, 3.63) is 0 Å². The second-order valence-corrected chi connectivity index (χ2v) is 5.34. The Labute approximate surface area is 120 Å². The van der Waals surface area contributed by atoms with Gasteiger partial charge in [0.15, 0.2) is 6.54 Å². The molecule has 1 heterocycles. The van der Waals surface area contributed by atoms with Gasteiger partial charge in [-0.15, -0.1) is 0 Å². The lowest BCUT2D eigenvalue weighted by Crippen LogP contribution is -2.63. The van der Waals surface area contributed by atoms with E-state index in [-0.39, 0.29) is 29.6 Å². The quantitative estimate of drug-likeness (QED) is 0.377. The summed E-state index contributed by atoms with van der Waals surface area (Å²) in [6, 6.07) is -0.0583. The van der Waals surface area contributed by atoms with Gasteiger partial charge in [-0.3, -0.25) is 0 Å². The lowest BCUT2D eigenvalue weighted by Gasteiger charge is -2.37. The maximum atomic E-state index is 12.2. The first kappa shape index (κ1) is 16.9. The van der Waals surface area contributed by atoms with Crippen molar-refractivity contribution in [1.82, 2.24) is 5.32 Å². The summed E-state index contributed by atoms with van der Waals surface area (Å²) in [5.74, 6) is -0.323. The topological polar surface area (TPSA) is 75.6 Å². The van der Waals surface area contributed by atoms with Crippen molar-refractivity contribution in [3.63, 3.8) is 0 Å². The number of hydrogen-bond donors (Lipinski definition) is 2. The van der Waals surface area contributed by atoms with Crippen molar-refractivity contribution in [2.45, 2.75) is 39.0 Å². The predicted octanol–water partition coefficient (Wildman–Crippen LogP) is 1.03. The van der Waals surface area contributed by atoms with Crippen LogP contribution >= 0.6 is 0 Å². The fourth-order valence-corrected chi connectivity index (χ4v) is 2.44. The van der Waals surface area contributed by atoms with Crippen LogP contribution in [0.25, 0.3) is 0 Å². The number of nitrogens with zero attached hydrogens (tertiary/aromatic N) is 1. The Hall–Kier alpha value is -1.14. The third kappa shape index (κ3) is 5.09. The van der Waals surface area contributed by atoms with Gasteiger partial charge < -0.3 is 15.2 Å². The van der Waals surface area contributed by atoms with E-state index in [0.29, 0.717) is 39.1 Å². The number of nitrogens with one attached hydrogen (secondary N) is 1. The highest BCUT2D eigenvalue weighted by atomic mass is 16.5. The Morgan fingerprint density at radius 3 is 2.85 bits per heavy atom. The number of ether oxygens (including phenoxy) is 1. The smallest absolute Gasteiger partial charge is 0.417 e. The van der Waals surface area contributed by atoms with Crippen LogP contribution in [0.3, 0.4) is 0 Å². The first-order chi connectivity index (χ1) is 9.64. The van der Waals surface area contributed by atoms with E-state index in [1.165, 1.54) is 0 Å². The van der Waals surface area contributed by atoms with Gasteiger partial charge in [0, 0.05) is 19.6 Å². The molecule has 0 aromatic rings. The number of urea groups is 1. The van der Waals surface area contributed by atoms with E-state index >= 15 is 0 Å². The van der Waals surface area contributed by atoms with Crippen LogP contribution in [0.2, 0.25) is 0 Å². The van der Waals surface area contributed by atoms with Crippen molar-refractivity contribution in [2.24, 2.45) is 0 Å². The molecule has 0 aromatic carbocycles. The summed E-state index contributed by atoms with van der Waals surface area (Å²) >= 11 is 0. The SMILES string of the molecule is CCCC[N+]1(CC(=O)OCCCCO)CCCNC1=O. The van der Waals surface area contributed by atoms with E-state index in [1.54, 1.807) is 0 Å². The molecule has 6 heteroatoms. The summed E-state index contributed by atoms with van der Waals surface area (Å²) < 4.78 is 5.33. The lowest BCUT2D eigenvalue weighted by atomic mass is 10.2. The molecule has 1 unspecified atom stereocenters. The van der Waals surface area contributed by atoms with Crippen LogP contribution in [0.15, 0.2) is 0 Å². The third-order valence-electron chi connectivity index (χ3n) is 3.66. The van der Waals surface area contributed by atoms with Crippen molar-refractivity contribution in [2.75, 3.05) is 39.4 Å². The molecule has 0 bridgehead atoms. The molecule has 2 N–H and O–H groups in total. The molecule has 0 aliphatic carbocycles. The molecule has 1 saturated heterocycles. The minimum Gasteiger partial charge on any atom is -0.462 e. The molecule has 2 amide bonds. The molecule has 116 valence electrons. The maximum Gasteiger partial charge on any atom is 0.417 e. The van der Waals surface area contributed by atoms with Gasteiger partial charge in [0.05, 0.1) is 19.7 Å². The Balaban J connectivity index is 2.51. The average Bonchev–Trinajstić information content (AvgIpc) is 2.44. The second-order valence-electron chi connectivity index (χ2n) is 5.34. The first-order valence-corrected chi connectivity index (χ1v) is 7.55. The summed E-state index contributed by atoms with van der Waals surface area (Å²) in [7, 11) is 0. The third-order valence-corrected chi connectivity index (χ3v) is 3.66. The van der Waals surface area contributed by atoms with Crippen molar-refractivity contribution >= 4 is 12.0 Å². The number of esters is 1. The van der Waals surface area contributed by atoms with Crippen molar-refractivity contribution in [3.8, 4) is 0 Å². The van der Waals surface area contributed by atoms with E-state index in [9.17, 15) is 9.59 Å². The molecule has 1 aliphatic rings. The monoisotopic (exact) mass is 287 g/mol. The number of quaternary nitrogens is 1. The number of aliphatic hydroxyl groups excluding tert-OH is 1. The van der Waals surface area contributed by atoms with Crippen molar-refractivity contribution < 1.29 is 23.9 Å². The van der Waals surface area contributed by atoms with E-state index < -0.39 is 0 Å². The predicted molar refractivity (Wildman–Crippen MR) is 75.1 cm³/mol. The second kappa shape index (κ2) is 8.92. The van der Waals surface area contributed by atoms with Crippen molar-refractivity contribution in [1.29, 1.82) is 0 Å². The molecule has 1 atom stereocenters. The van der Waals surface area contributed by atoms with Gasteiger partial charge in [0.25, 0.3) is 0 Å². The average molecular weight is 287 g/mol. The summed E-state index contributed by atoms with van der Waals surface area (Å²) in [4.78, 5) is 24.1. The van der Waals surface area contributed by atoms with Gasteiger partial charge in [-0.25, -0.2) is 14.1 Å². The molecule has 0 saturated carbocycles. The van der Waals surface area contributed by atoms with Gasteiger partial charge in [0.2, 0.25) is 0 Å². The van der Waals surface area contributed by atoms with E-state index in [4.69, 9.17) is 9.84 Å². The maximum absolute atomic E-state index is 12.2. The number of carbonyl (C=O) groups excluding carboxylic acids is 2. The lowest BCUT2D eigenvalue weighted by molar-refractivity contribution is -0.846. The number of carbonyl (C=O) groups is 2. The normalized spacial score (nSPS) is 22.4. The zero-order valence-electron chi connectivity index (χ0n) is 12.4. The highest BCUT2D eigenvalue weighted by Gasteiger charge is 2.41. The van der Waals surface area contributed by atoms with Crippen LogP contribution in [0.1, 0.15) is 39.0 Å². The summed E-state index contributed by atoms with van der Waals surface area (Å²) in [6.07, 6.45) is 4.10. The van der Waals surface area contributed by atoms with Crippen LogP contribution < -0.4 is 5.32 Å². The Kier molecular flexibility index (Phi) is 7.54. The zero-order valence-corrected chi connectivity index (χ0v) is 12.4. The molecule has 1 rings (SSSR count). The highest BCUT2D eigenvalue weighted by Crippen LogP contribution is 2.15. The molecule has 20 heavy (non-hydrogen) atoms. The number of unbranched alkanes of at least 4 members (excludes halogenated alkanes) is 2. The number of hydrogen-bond acceptors (Lipinski definition) is 4. The molecule has 6 nitrogen and oxygen atoms in total. The van der Waals surface area contributed by atoms with Gasteiger partial charge in [-0.05, 0) is 19.3 Å². The molecule has 1 aliphatic heterocycles. The van der Waals surface area contributed by atoms with Gasteiger partial charge >= 0.3 is 12.0 Å². The summed E-state index contributed by atoms with van der Waals surface area (Å²) in [5.41, 5.74) is 0. The molecule has 0 spiro atoms. The largest absolute Gasteiger partial charge is 0.462 e. The highest BCUT2D eigenvalue weighted by molar-refractivity contribution is 5.75. The standard InChI is InChI=1S/C14H26N2O4/c1-2-3-8-16(9-6-7-15-14(16)19)12-13(18)20-11-5-4-10-17/h17H,2-12H2,1H3/p+1. The van der Waals surface area contributed by atoms with Gasteiger partial charge in [0.1, 0.15) is 0 Å². The first-order valence-electron chi connectivity index (χ1n) is 7.55. The van der Waals surface area contributed by atoms with E-state index in [0.717, 1.165) is 19.3 Å². The van der Waals surface area contributed by atoms with Crippen LogP contribution in [-0.4, -0.2) is 61.0 Å². The fraction of sp³-hybridized carbons (Fsp3) is 0.857. The summed E-state index contributed by atoms with van der Waals surface area (Å²) in [6.45, 7) is 4.70. The van der Waals surface area contributed by atoms with Crippen LogP contribution in [-0.2, 0) is 9.53 Å². The van der Waals surface area contributed by atoms with Crippen LogP contribution in [0.5, 0.6) is 0 Å². The minimum atomic E-state index is -0.323. The number of aliphatic hydroxyl groups is 1. The van der Waals surface area contributed by atoms with Crippen LogP contribution in [0, 0.1) is 0 Å². The number of amides is 2. The minimum absolute atomic E-state index is 0.0583. The molecule has 1 fully saturated rings.